The van der Waals surface area contributed by atoms with Gasteiger partial charge >= 0.3 is 0 Å². The smallest absolute Gasteiger partial charge is 0.0628 e. The van der Waals surface area contributed by atoms with Gasteiger partial charge in [0.25, 0.3) is 0 Å². The summed E-state index contributed by atoms with van der Waals surface area (Å²) in [5.41, 5.74) is 3.91. The molecule has 0 unspecified atom stereocenters. The van der Waals surface area contributed by atoms with Gasteiger partial charge < -0.3 is 0 Å². The zero-order valence-electron chi connectivity index (χ0n) is 9.54. The number of thiol groups is 1. The van der Waals surface area contributed by atoms with Crippen LogP contribution in [0.4, 0.5) is 0 Å². The van der Waals surface area contributed by atoms with Crippen molar-refractivity contribution in [1.82, 2.24) is 9.78 Å². The van der Waals surface area contributed by atoms with E-state index in [1.807, 2.05) is 0 Å². The van der Waals surface area contributed by atoms with Crippen LogP contribution in [-0.2, 0) is 6.42 Å². The molecular formula is C11H20N2S. The molecule has 0 atom stereocenters. The Labute approximate surface area is 92.1 Å². The summed E-state index contributed by atoms with van der Waals surface area (Å²) >= 11 is 4.24. The van der Waals surface area contributed by atoms with Gasteiger partial charge in [-0.05, 0) is 51.9 Å². The molecule has 14 heavy (non-hydrogen) atoms. The number of aromatic nitrogens is 2. The minimum absolute atomic E-state index is 0.457. The van der Waals surface area contributed by atoms with Gasteiger partial charge in [0.15, 0.2) is 0 Å². The van der Waals surface area contributed by atoms with Crippen molar-refractivity contribution < 1.29 is 0 Å². The Bertz CT molecular complexity index is 302. The van der Waals surface area contributed by atoms with Crippen LogP contribution in [-0.4, -0.2) is 15.5 Å². The van der Waals surface area contributed by atoms with Gasteiger partial charge in [-0.1, -0.05) is 0 Å². The second-order valence-electron chi connectivity index (χ2n) is 4.01. The van der Waals surface area contributed by atoms with Gasteiger partial charge in [0.05, 0.1) is 5.69 Å². The monoisotopic (exact) mass is 212 g/mol. The summed E-state index contributed by atoms with van der Waals surface area (Å²) in [4.78, 5) is 0. The minimum Gasteiger partial charge on any atom is -0.267 e. The molecule has 0 aliphatic heterocycles. The summed E-state index contributed by atoms with van der Waals surface area (Å²) in [5.74, 6) is 0.950. The molecule has 0 fully saturated rings. The van der Waals surface area contributed by atoms with E-state index in [1.54, 1.807) is 0 Å². The van der Waals surface area contributed by atoms with Crippen LogP contribution in [0.1, 0.15) is 43.3 Å². The largest absolute Gasteiger partial charge is 0.267 e. The third-order valence-corrected chi connectivity index (χ3v) is 2.87. The van der Waals surface area contributed by atoms with E-state index in [0.29, 0.717) is 6.04 Å². The maximum absolute atomic E-state index is 4.55. The van der Waals surface area contributed by atoms with Gasteiger partial charge in [0.1, 0.15) is 0 Å². The molecule has 0 saturated carbocycles. The maximum Gasteiger partial charge on any atom is 0.0628 e. The van der Waals surface area contributed by atoms with Crippen molar-refractivity contribution in [3.8, 4) is 0 Å². The van der Waals surface area contributed by atoms with E-state index in [1.165, 1.54) is 17.0 Å². The van der Waals surface area contributed by atoms with E-state index in [2.05, 4.69) is 50.1 Å². The average Bonchev–Trinajstić information content (AvgIpc) is 2.40. The third kappa shape index (κ3) is 2.32. The fourth-order valence-electron chi connectivity index (χ4n) is 1.82. The third-order valence-electron chi connectivity index (χ3n) is 2.55. The molecule has 2 nitrogen and oxygen atoms in total. The molecule has 0 saturated heterocycles. The van der Waals surface area contributed by atoms with E-state index in [9.17, 15) is 0 Å². The number of hydrogen-bond donors (Lipinski definition) is 1. The standard InChI is InChI=1S/C11H20N2S/c1-8(2)13-10(4)11(6-5-7-14)9(3)12-13/h8,14H,5-7H2,1-4H3. The van der Waals surface area contributed by atoms with Gasteiger partial charge in [0.2, 0.25) is 0 Å². The molecule has 0 spiro atoms. The normalized spacial score (nSPS) is 11.3. The number of rotatable bonds is 4. The number of nitrogens with zero attached hydrogens (tertiary/aromatic N) is 2. The molecule has 0 radical (unpaired) electrons. The van der Waals surface area contributed by atoms with E-state index >= 15 is 0 Å². The van der Waals surface area contributed by atoms with Crippen molar-refractivity contribution in [1.29, 1.82) is 0 Å². The van der Waals surface area contributed by atoms with Crippen molar-refractivity contribution in [2.24, 2.45) is 0 Å². The van der Waals surface area contributed by atoms with Gasteiger partial charge in [-0.3, -0.25) is 4.68 Å². The lowest BCUT2D eigenvalue weighted by molar-refractivity contribution is 0.515. The highest BCUT2D eigenvalue weighted by Crippen LogP contribution is 2.18. The highest BCUT2D eigenvalue weighted by Gasteiger charge is 2.12. The highest BCUT2D eigenvalue weighted by molar-refractivity contribution is 7.80. The fourth-order valence-corrected chi connectivity index (χ4v) is 1.98. The fraction of sp³-hybridized carbons (Fsp3) is 0.727. The molecule has 3 heteroatoms. The van der Waals surface area contributed by atoms with E-state index < -0.39 is 0 Å². The van der Waals surface area contributed by atoms with Crippen molar-refractivity contribution in [3.63, 3.8) is 0 Å². The Hall–Kier alpha value is -0.440. The lowest BCUT2D eigenvalue weighted by Crippen LogP contribution is -2.05. The first-order valence-corrected chi connectivity index (χ1v) is 5.86. The average molecular weight is 212 g/mol. The van der Waals surface area contributed by atoms with Crippen LogP contribution in [0.3, 0.4) is 0 Å². The van der Waals surface area contributed by atoms with Crippen molar-refractivity contribution >= 4 is 12.6 Å². The molecule has 1 aromatic heterocycles. The molecule has 0 amide bonds. The quantitative estimate of drug-likeness (QED) is 0.760. The van der Waals surface area contributed by atoms with Crippen LogP contribution in [0.2, 0.25) is 0 Å². The lowest BCUT2D eigenvalue weighted by atomic mass is 10.1. The second kappa shape index (κ2) is 4.87. The number of hydrogen-bond acceptors (Lipinski definition) is 2. The summed E-state index contributed by atoms with van der Waals surface area (Å²) in [6.45, 7) is 8.59. The summed E-state index contributed by atoms with van der Waals surface area (Å²) < 4.78 is 2.11. The first kappa shape index (κ1) is 11.6. The predicted octanol–water partition coefficient (Wildman–Crippen LogP) is 2.94. The number of aryl methyl sites for hydroxylation is 1. The maximum atomic E-state index is 4.55. The van der Waals surface area contributed by atoms with E-state index in [-0.39, 0.29) is 0 Å². The molecular weight excluding hydrogens is 192 g/mol. The Morgan fingerprint density at radius 3 is 2.43 bits per heavy atom. The molecule has 1 rings (SSSR count). The molecule has 0 aliphatic carbocycles. The highest BCUT2D eigenvalue weighted by atomic mass is 32.1. The molecule has 0 aliphatic rings. The Morgan fingerprint density at radius 1 is 1.36 bits per heavy atom. The predicted molar refractivity (Wildman–Crippen MR) is 64.3 cm³/mol. The Balaban J connectivity index is 2.93. The molecule has 0 N–H and O–H groups in total. The topological polar surface area (TPSA) is 17.8 Å². The summed E-state index contributed by atoms with van der Waals surface area (Å²) in [5, 5.41) is 4.55. The lowest BCUT2D eigenvalue weighted by Gasteiger charge is -2.08. The molecule has 0 aromatic carbocycles. The van der Waals surface area contributed by atoms with Crippen LogP contribution in [0.5, 0.6) is 0 Å². The van der Waals surface area contributed by atoms with Gasteiger partial charge in [-0.2, -0.15) is 17.7 Å². The SMILES string of the molecule is Cc1nn(C(C)C)c(C)c1CCCS. The van der Waals surface area contributed by atoms with Crippen molar-refractivity contribution in [2.45, 2.75) is 46.6 Å². The van der Waals surface area contributed by atoms with E-state index in [0.717, 1.165) is 18.6 Å². The minimum atomic E-state index is 0.457. The molecule has 80 valence electrons. The second-order valence-corrected chi connectivity index (χ2v) is 4.46. The Kier molecular flexibility index (Phi) is 4.05. The molecule has 1 aromatic rings. The first-order chi connectivity index (χ1) is 6.57. The summed E-state index contributed by atoms with van der Waals surface area (Å²) in [7, 11) is 0. The van der Waals surface area contributed by atoms with E-state index in [4.69, 9.17) is 0 Å². The summed E-state index contributed by atoms with van der Waals surface area (Å²) in [6.07, 6.45) is 2.24. The summed E-state index contributed by atoms with van der Waals surface area (Å²) in [6, 6.07) is 0.457. The van der Waals surface area contributed by atoms with Gasteiger partial charge in [0, 0.05) is 11.7 Å². The van der Waals surface area contributed by atoms with Gasteiger partial charge in [-0.25, -0.2) is 0 Å². The van der Waals surface area contributed by atoms with Crippen LogP contribution in [0.15, 0.2) is 0 Å². The van der Waals surface area contributed by atoms with Crippen molar-refractivity contribution in [3.05, 3.63) is 17.0 Å². The Morgan fingerprint density at radius 2 is 2.00 bits per heavy atom. The zero-order chi connectivity index (χ0) is 10.7. The van der Waals surface area contributed by atoms with Crippen LogP contribution < -0.4 is 0 Å². The van der Waals surface area contributed by atoms with Crippen LogP contribution >= 0.6 is 12.6 Å². The molecule has 0 bridgehead atoms. The first-order valence-electron chi connectivity index (χ1n) is 5.23. The molecule has 1 heterocycles. The van der Waals surface area contributed by atoms with Crippen LogP contribution in [0, 0.1) is 13.8 Å². The van der Waals surface area contributed by atoms with Crippen LogP contribution in [0.25, 0.3) is 0 Å². The zero-order valence-corrected chi connectivity index (χ0v) is 10.4. The van der Waals surface area contributed by atoms with Gasteiger partial charge in [-0.15, -0.1) is 0 Å². The van der Waals surface area contributed by atoms with Crippen molar-refractivity contribution in [2.75, 3.05) is 5.75 Å².